The molecule has 1 aliphatic carbocycles. The van der Waals surface area contributed by atoms with Crippen LogP contribution in [0.2, 0.25) is 0 Å². The topological polar surface area (TPSA) is 99.9 Å². The monoisotopic (exact) mass is 435 g/mol. The van der Waals surface area contributed by atoms with Gasteiger partial charge in [-0.1, -0.05) is 48.5 Å². The molecule has 0 saturated carbocycles. The van der Waals surface area contributed by atoms with Crippen LogP contribution in [0.1, 0.15) is 27.7 Å². The number of fused-ring (bicyclic) bond motifs is 2. The normalized spacial score (nSPS) is 23.8. The molecule has 160 valence electrons. The molecule has 1 N–H and O–H groups in total. The van der Waals surface area contributed by atoms with Gasteiger partial charge in [0.2, 0.25) is 11.8 Å². The molecule has 2 aromatic carbocycles. The van der Waals surface area contributed by atoms with Crippen molar-refractivity contribution >= 4 is 34.8 Å². The standard InChI is InChI=1S/C26H17N3O4/c30-23-15-10-4-5-11-16(15)24(31)20(23)22-19-18(21(28-22)17-12-6-7-13-27-17)25(32)29(26(19)33)14-8-2-1-3-9-14/h1-13,18-19,21,30H/t18-,19+,21-/m1/s1. The molecule has 0 unspecified atom stereocenters. The van der Waals surface area contributed by atoms with Gasteiger partial charge in [0.05, 0.1) is 34.5 Å². The van der Waals surface area contributed by atoms with Crippen LogP contribution in [-0.2, 0) is 9.59 Å². The van der Waals surface area contributed by atoms with Crippen LogP contribution < -0.4 is 4.90 Å². The first-order chi connectivity index (χ1) is 16.1. The Hall–Kier alpha value is -4.39. The number of aliphatic hydroxyl groups excluding tert-OH is 1. The van der Waals surface area contributed by atoms with Crippen LogP contribution >= 0.6 is 0 Å². The fraction of sp³-hybridized carbons (Fsp3) is 0.115. The third kappa shape index (κ3) is 2.65. The second-order valence-corrected chi connectivity index (χ2v) is 8.16. The van der Waals surface area contributed by atoms with E-state index in [1.165, 1.54) is 0 Å². The molecule has 1 fully saturated rings. The highest BCUT2D eigenvalue weighted by Crippen LogP contribution is 2.48. The Morgan fingerprint density at radius 2 is 1.48 bits per heavy atom. The number of hydrogen-bond donors (Lipinski definition) is 1. The number of aliphatic hydroxyl groups is 1. The van der Waals surface area contributed by atoms with Gasteiger partial charge in [0, 0.05) is 17.3 Å². The number of allylic oxidation sites excluding steroid dienone is 1. The van der Waals surface area contributed by atoms with E-state index < -0.39 is 35.5 Å². The van der Waals surface area contributed by atoms with Crippen molar-refractivity contribution in [1.29, 1.82) is 0 Å². The zero-order valence-electron chi connectivity index (χ0n) is 17.3. The number of pyridine rings is 1. The smallest absolute Gasteiger partial charge is 0.243 e. The number of nitrogens with zero attached hydrogens (tertiary/aromatic N) is 3. The van der Waals surface area contributed by atoms with Crippen molar-refractivity contribution in [3.63, 3.8) is 0 Å². The molecule has 2 amide bonds. The molecule has 0 radical (unpaired) electrons. The molecule has 7 nitrogen and oxygen atoms in total. The Labute approximate surface area is 188 Å². The Bertz CT molecular complexity index is 1400. The second kappa shape index (κ2) is 7.06. The molecule has 6 rings (SSSR count). The molecule has 0 spiro atoms. The lowest BCUT2D eigenvalue weighted by atomic mass is 9.84. The quantitative estimate of drug-likeness (QED) is 0.635. The van der Waals surface area contributed by atoms with E-state index >= 15 is 0 Å². The van der Waals surface area contributed by atoms with Crippen LogP contribution in [0.5, 0.6) is 0 Å². The molecule has 1 saturated heterocycles. The van der Waals surface area contributed by atoms with E-state index in [2.05, 4.69) is 9.98 Å². The number of benzene rings is 2. The summed E-state index contributed by atoms with van der Waals surface area (Å²) in [4.78, 5) is 50.6. The molecule has 3 atom stereocenters. The number of Topliss-reactive ketones (excluding diaryl/α,β-unsaturated/α-hetero) is 1. The lowest BCUT2D eigenvalue weighted by molar-refractivity contribution is -0.122. The number of ketones is 1. The number of anilines is 1. The van der Waals surface area contributed by atoms with Gasteiger partial charge in [-0.3, -0.25) is 24.4 Å². The van der Waals surface area contributed by atoms with Crippen molar-refractivity contribution in [3.05, 3.63) is 101 Å². The van der Waals surface area contributed by atoms with Crippen LogP contribution in [0, 0.1) is 11.8 Å². The summed E-state index contributed by atoms with van der Waals surface area (Å²) in [6.45, 7) is 0. The number of hydrogen-bond acceptors (Lipinski definition) is 6. The maximum absolute atomic E-state index is 13.6. The summed E-state index contributed by atoms with van der Waals surface area (Å²) >= 11 is 0. The van der Waals surface area contributed by atoms with Gasteiger partial charge >= 0.3 is 0 Å². The van der Waals surface area contributed by atoms with Crippen LogP contribution in [0.4, 0.5) is 5.69 Å². The number of aromatic nitrogens is 1. The minimum atomic E-state index is -0.986. The fourth-order valence-corrected chi connectivity index (χ4v) is 4.96. The molecule has 3 aromatic rings. The average molecular weight is 435 g/mol. The number of amides is 2. The van der Waals surface area contributed by atoms with E-state index in [0.29, 0.717) is 22.5 Å². The Balaban J connectivity index is 1.52. The highest BCUT2D eigenvalue weighted by atomic mass is 16.3. The second-order valence-electron chi connectivity index (χ2n) is 8.16. The highest BCUT2D eigenvalue weighted by Gasteiger charge is 2.59. The number of aliphatic imine (C=N–C) groups is 1. The summed E-state index contributed by atoms with van der Waals surface area (Å²) in [5, 5.41) is 10.9. The Morgan fingerprint density at radius 1 is 0.788 bits per heavy atom. The van der Waals surface area contributed by atoms with Gasteiger partial charge in [-0.25, -0.2) is 4.90 Å². The van der Waals surface area contributed by atoms with Crippen LogP contribution in [0.15, 0.2) is 89.6 Å². The number of carbonyl (C=O) groups excluding carboxylic acids is 3. The van der Waals surface area contributed by atoms with Gasteiger partial charge in [0.25, 0.3) is 0 Å². The van der Waals surface area contributed by atoms with E-state index in [1.54, 1.807) is 79.0 Å². The number of imide groups is 1. The van der Waals surface area contributed by atoms with Crippen molar-refractivity contribution < 1.29 is 19.5 Å². The molecule has 0 bridgehead atoms. The SMILES string of the molecule is O=C1C(C2=N[C@H](c3ccccn3)[C@@H]3C(=O)N(c4ccccc4)C(=O)[C@H]23)=C(O)c2ccccc21. The lowest BCUT2D eigenvalue weighted by Crippen LogP contribution is -2.33. The third-order valence-corrected chi connectivity index (χ3v) is 6.42. The summed E-state index contributed by atoms with van der Waals surface area (Å²) in [5.74, 6) is -3.31. The molecular formula is C26H17N3O4. The summed E-state index contributed by atoms with van der Waals surface area (Å²) < 4.78 is 0. The molecular weight excluding hydrogens is 418 g/mol. The molecule has 3 aliphatic rings. The van der Waals surface area contributed by atoms with Gasteiger partial charge < -0.3 is 5.11 Å². The number of para-hydroxylation sites is 1. The van der Waals surface area contributed by atoms with Crippen molar-refractivity contribution in [2.75, 3.05) is 4.90 Å². The molecule has 3 heterocycles. The van der Waals surface area contributed by atoms with E-state index in [1.807, 2.05) is 0 Å². The van der Waals surface area contributed by atoms with Crippen molar-refractivity contribution in [2.24, 2.45) is 16.8 Å². The summed E-state index contributed by atoms with van der Waals surface area (Å²) in [6, 6.07) is 19.9. The Kier molecular flexibility index (Phi) is 4.13. The van der Waals surface area contributed by atoms with E-state index in [-0.39, 0.29) is 17.0 Å². The van der Waals surface area contributed by atoms with E-state index in [9.17, 15) is 19.5 Å². The van der Waals surface area contributed by atoms with Crippen molar-refractivity contribution in [1.82, 2.24) is 4.98 Å². The summed E-state index contributed by atoms with van der Waals surface area (Å²) in [7, 11) is 0. The summed E-state index contributed by atoms with van der Waals surface area (Å²) in [6.07, 6.45) is 1.60. The fourth-order valence-electron chi connectivity index (χ4n) is 4.96. The lowest BCUT2D eigenvalue weighted by Gasteiger charge is -2.17. The molecule has 7 heteroatoms. The molecule has 2 aliphatic heterocycles. The van der Waals surface area contributed by atoms with Gasteiger partial charge in [-0.2, -0.15) is 0 Å². The third-order valence-electron chi connectivity index (χ3n) is 6.42. The van der Waals surface area contributed by atoms with Crippen LogP contribution in [-0.4, -0.2) is 33.4 Å². The zero-order valence-corrected chi connectivity index (χ0v) is 17.3. The first-order valence-corrected chi connectivity index (χ1v) is 10.6. The molecule has 33 heavy (non-hydrogen) atoms. The largest absolute Gasteiger partial charge is 0.506 e. The van der Waals surface area contributed by atoms with Crippen LogP contribution in [0.3, 0.4) is 0 Å². The van der Waals surface area contributed by atoms with Gasteiger partial charge in [0.1, 0.15) is 11.8 Å². The zero-order chi connectivity index (χ0) is 22.7. The first-order valence-electron chi connectivity index (χ1n) is 10.6. The minimum absolute atomic E-state index is 0.0132. The Morgan fingerprint density at radius 3 is 2.18 bits per heavy atom. The van der Waals surface area contributed by atoms with Gasteiger partial charge in [0.15, 0.2) is 5.78 Å². The van der Waals surface area contributed by atoms with Crippen LogP contribution in [0.25, 0.3) is 5.76 Å². The predicted octanol–water partition coefficient (Wildman–Crippen LogP) is 3.55. The minimum Gasteiger partial charge on any atom is -0.506 e. The predicted molar refractivity (Wildman–Crippen MR) is 121 cm³/mol. The van der Waals surface area contributed by atoms with E-state index in [0.717, 1.165) is 4.90 Å². The maximum Gasteiger partial charge on any atom is 0.243 e. The average Bonchev–Trinajstić information content (AvgIpc) is 3.44. The van der Waals surface area contributed by atoms with E-state index in [4.69, 9.17) is 0 Å². The molecule has 1 aromatic heterocycles. The van der Waals surface area contributed by atoms with Crippen molar-refractivity contribution in [2.45, 2.75) is 6.04 Å². The van der Waals surface area contributed by atoms with Gasteiger partial charge in [-0.05, 0) is 24.3 Å². The van der Waals surface area contributed by atoms with Crippen molar-refractivity contribution in [3.8, 4) is 0 Å². The number of rotatable bonds is 3. The number of carbonyl (C=O) groups is 3. The highest BCUT2D eigenvalue weighted by molar-refractivity contribution is 6.42. The van der Waals surface area contributed by atoms with Gasteiger partial charge in [-0.15, -0.1) is 0 Å². The maximum atomic E-state index is 13.6. The summed E-state index contributed by atoms with van der Waals surface area (Å²) in [5.41, 5.74) is 1.87. The first kappa shape index (κ1) is 19.3.